The molecule has 6 heteroatoms. The van der Waals surface area contributed by atoms with Crippen molar-refractivity contribution < 1.29 is 18.3 Å². The smallest absolute Gasteiger partial charge is 0.387 e. The van der Waals surface area contributed by atoms with Gasteiger partial charge >= 0.3 is 6.61 Å². The minimum atomic E-state index is -2.87. The summed E-state index contributed by atoms with van der Waals surface area (Å²) in [5.41, 5.74) is 5.33. The summed E-state index contributed by atoms with van der Waals surface area (Å²) >= 11 is 0. The predicted molar refractivity (Wildman–Crippen MR) is 63.7 cm³/mol. The van der Waals surface area contributed by atoms with E-state index in [2.05, 4.69) is 10.1 Å². The standard InChI is InChI=1S/C12H16F2N2O2/c1-12(2,7-15)16-10(17)8-3-5-9(6-4-8)18-11(13)14/h3-6,11H,7,15H2,1-2H3,(H,16,17). The third kappa shape index (κ3) is 4.29. The Hall–Kier alpha value is -1.69. The van der Waals surface area contributed by atoms with Gasteiger partial charge in [-0.25, -0.2) is 0 Å². The largest absolute Gasteiger partial charge is 0.435 e. The monoisotopic (exact) mass is 258 g/mol. The first-order valence-corrected chi connectivity index (χ1v) is 5.41. The molecule has 0 saturated heterocycles. The molecule has 0 radical (unpaired) electrons. The summed E-state index contributed by atoms with van der Waals surface area (Å²) in [6.07, 6.45) is 0. The lowest BCUT2D eigenvalue weighted by molar-refractivity contribution is -0.0498. The molecule has 100 valence electrons. The van der Waals surface area contributed by atoms with Crippen LogP contribution in [0.2, 0.25) is 0 Å². The molecular weight excluding hydrogens is 242 g/mol. The fourth-order valence-electron chi connectivity index (χ4n) is 1.22. The van der Waals surface area contributed by atoms with E-state index in [-0.39, 0.29) is 11.7 Å². The molecule has 1 rings (SSSR count). The molecule has 3 N–H and O–H groups in total. The highest BCUT2D eigenvalue weighted by Crippen LogP contribution is 2.15. The molecule has 0 aliphatic heterocycles. The SMILES string of the molecule is CC(C)(CN)NC(=O)c1ccc(OC(F)F)cc1. The molecule has 0 unspecified atom stereocenters. The van der Waals surface area contributed by atoms with Gasteiger partial charge in [0.25, 0.3) is 5.91 Å². The molecule has 18 heavy (non-hydrogen) atoms. The van der Waals surface area contributed by atoms with E-state index in [1.54, 1.807) is 13.8 Å². The second kappa shape index (κ2) is 5.77. The number of hydrogen-bond acceptors (Lipinski definition) is 3. The van der Waals surface area contributed by atoms with Gasteiger partial charge in [-0.05, 0) is 38.1 Å². The Balaban J connectivity index is 2.70. The molecule has 1 amide bonds. The molecule has 1 aromatic rings. The number of halogens is 2. The van der Waals surface area contributed by atoms with Crippen molar-refractivity contribution in [2.45, 2.75) is 26.0 Å². The number of benzene rings is 1. The zero-order valence-electron chi connectivity index (χ0n) is 10.2. The lowest BCUT2D eigenvalue weighted by Gasteiger charge is -2.24. The van der Waals surface area contributed by atoms with Gasteiger partial charge in [0.2, 0.25) is 0 Å². The fraction of sp³-hybridized carbons (Fsp3) is 0.417. The van der Waals surface area contributed by atoms with Crippen LogP contribution in [0, 0.1) is 0 Å². The molecule has 1 aromatic carbocycles. The van der Waals surface area contributed by atoms with Gasteiger partial charge in [-0.3, -0.25) is 4.79 Å². The Labute approximate surface area is 104 Å². The van der Waals surface area contributed by atoms with Crippen LogP contribution >= 0.6 is 0 Å². The Kier molecular flexibility index (Phi) is 4.61. The van der Waals surface area contributed by atoms with Crippen LogP contribution in [0.3, 0.4) is 0 Å². The molecule has 0 atom stereocenters. The minimum absolute atomic E-state index is 0.0136. The normalized spacial score (nSPS) is 11.4. The maximum Gasteiger partial charge on any atom is 0.387 e. The van der Waals surface area contributed by atoms with Crippen LogP contribution in [0.4, 0.5) is 8.78 Å². The molecule has 0 heterocycles. The number of nitrogens with one attached hydrogen (secondary N) is 1. The van der Waals surface area contributed by atoms with Crippen LogP contribution in [-0.4, -0.2) is 24.6 Å². The molecule has 0 saturated carbocycles. The summed E-state index contributed by atoms with van der Waals surface area (Å²) in [5, 5.41) is 2.73. The van der Waals surface area contributed by atoms with E-state index in [0.717, 1.165) is 0 Å². The van der Waals surface area contributed by atoms with Crippen molar-refractivity contribution in [2.24, 2.45) is 5.73 Å². The first kappa shape index (κ1) is 14.4. The summed E-state index contributed by atoms with van der Waals surface area (Å²) in [5.74, 6) is -0.298. The van der Waals surface area contributed by atoms with Crippen LogP contribution in [0.1, 0.15) is 24.2 Å². The van der Waals surface area contributed by atoms with E-state index in [1.165, 1.54) is 24.3 Å². The maximum absolute atomic E-state index is 11.9. The van der Waals surface area contributed by atoms with Crippen molar-refractivity contribution in [3.05, 3.63) is 29.8 Å². The van der Waals surface area contributed by atoms with E-state index in [0.29, 0.717) is 12.1 Å². The third-order valence-corrected chi connectivity index (χ3v) is 2.30. The van der Waals surface area contributed by atoms with Gasteiger partial charge in [-0.15, -0.1) is 0 Å². The van der Waals surface area contributed by atoms with E-state index in [1.807, 2.05) is 0 Å². The minimum Gasteiger partial charge on any atom is -0.435 e. The molecule has 0 aromatic heterocycles. The molecular formula is C12H16F2N2O2. The van der Waals surface area contributed by atoms with Crippen LogP contribution < -0.4 is 15.8 Å². The molecule has 0 bridgehead atoms. The summed E-state index contributed by atoms with van der Waals surface area (Å²) in [4.78, 5) is 11.8. The highest BCUT2D eigenvalue weighted by molar-refractivity contribution is 5.94. The number of amides is 1. The van der Waals surface area contributed by atoms with E-state index in [4.69, 9.17) is 5.73 Å². The van der Waals surface area contributed by atoms with Crippen LogP contribution in [0.25, 0.3) is 0 Å². The number of alkyl halides is 2. The van der Waals surface area contributed by atoms with Crippen molar-refractivity contribution in [1.29, 1.82) is 0 Å². The highest BCUT2D eigenvalue weighted by atomic mass is 19.3. The quantitative estimate of drug-likeness (QED) is 0.845. The summed E-state index contributed by atoms with van der Waals surface area (Å²) in [6, 6.07) is 5.46. The summed E-state index contributed by atoms with van der Waals surface area (Å²) in [6.45, 7) is 1.00. The zero-order valence-corrected chi connectivity index (χ0v) is 10.2. The lowest BCUT2D eigenvalue weighted by atomic mass is 10.1. The molecule has 0 aliphatic carbocycles. The van der Waals surface area contributed by atoms with Gasteiger partial charge in [0, 0.05) is 17.6 Å². The van der Waals surface area contributed by atoms with Gasteiger partial charge in [0.1, 0.15) is 5.75 Å². The molecule has 0 fully saturated rings. The number of carbonyl (C=O) groups excluding carboxylic acids is 1. The zero-order chi connectivity index (χ0) is 13.8. The second-order valence-corrected chi connectivity index (χ2v) is 4.45. The average molecular weight is 258 g/mol. The first-order valence-electron chi connectivity index (χ1n) is 5.41. The number of rotatable bonds is 5. The van der Waals surface area contributed by atoms with Crippen LogP contribution in [0.15, 0.2) is 24.3 Å². The van der Waals surface area contributed by atoms with E-state index in [9.17, 15) is 13.6 Å². The van der Waals surface area contributed by atoms with E-state index >= 15 is 0 Å². The molecule has 0 spiro atoms. The number of hydrogen-bond donors (Lipinski definition) is 2. The van der Waals surface area contributed by atoms with E-state index < -0.39 is 12.2 Å². The predicted octanol–water partition coefficient (Wildman–Crippen LogP) is 1.76. The van der Waals surface area contributed by atoms with Gasteiger partial charge in [-0.1, -0.05) is 0 Å². The Morgan fingerprint density at radius 2 is 1.94 bits per heavy atom. The number of ether oxygens (including phenoxy) is 1. The highest BCUT2D eigenvalue weighted by Gasteiger charge is 2.19. The summed E-state index contributed by atoms with van der Waals surface area (Å²) < 4.78 is 28.1. The van der Waals surface area contributed by atoms with Crippen LogP contribution in [0.5, 0.6) is 5.75 Å². The third-order valence-electron chi connectivity index (χ3n) is 2.30. The maximum atomic E-state index is 11.9. The van der Waals surface area contributed by atoms with Gasteiger partial charge < -0.3 is 15.8 Å². The average Bonchev–Trinajstić information content (AvgIpc) is 2.28. The van der Waals surface area contributed by atoms with Gasteiger partial charge in [0.05, 0.1) is 0 Å². The van der Waals surface area contributed by atoms with Gasteiger partial charge in [-0.2, -0.15) is 8.78 Å². The first-order chi connectivity index (χ1) is 8.34. The van der Waals surface area contributed by atoms with Crippen molar-refractivity contribution in [1.82, 2.24) is 5.32 Å². The Bertz CT molecular complexity index is 405. The lowest BCUT2D eigenvalue weighted by Crippen LogP contribution is -2.48. The van der Waals surface area contributed by atoms with Crippen molar-refractivity contribution in [3.8, 4) is 5.75 Å². The fourth-order valence-corrected chi connectivity index (χ4v) is 1.22. The van der Waals surface area contributed by atoms with Crippen LogP contribution in [-0.2, 0) is 0 Å². The Morgan fingerprint density at radius 3 is 2.39 bits per heavy atom. The second-order valence-electron chi connectivity index (χ2n) is 4.45. The van der Waals surface area contributed by atoms with Gasteiger partial charge in [0.15, 0.2) is 0 Å². The summed E-state index contributed by atoms with van der Waals surface area (Å²) in [7, 11) is 0. The molecule has 0 aliphatic rings. The Morgan fingerprint density at radius 1 is 1.39 bits per heavy atom. The number of nitrogens with two attached hydrogens (primary N) is 1. The molecule has 4 nitrogen and oxygen atoms in total. The topological polar surface area (TPSA) is 64.3 Å². The van der Waals surface area contributed by atoms with Crippen molar-refractivity contribution >= 4 is 5.91 Å². The van der Waals surface area contributed by atoms with Crippen molar-refractivity contribution in [3.63, 3.8) is 0 Å². The number of carbonyl (C=O) groups is 1. The van der Waals surface area contributed by atoms with Crippen molar-refractivity contribution in [2.75, 3.05) is 6.54 Å².